The van der Waals surface area contributed by atoms with E-state index in [4.69, 9.17) is 13.7 Å². The number of rotatable bonds is 5. The molecular weight excluding hydrogens is 394 g/mol. The van der Waals surface area contributed by atoms with Gasteiger partial charge in [0.2, 0.25) is 0 Å². The van der Waals surface area contributed by atoms with Crippen LogP contribution in [0.2, 0.25) is 0 Å². The minimum atomic E-state index is -3.59. The Balaban J connectivity index is 1.82. The molecular formula is C20H21N3O5S. The molecule has 0 saturated carbocycles. The second-order valence-corrected chi connectivity index (χ2v) is 8.43. The van der Waals surface area contributed by atoms with Crippen molar-refractivity contribution in [3.8, 4) is 17.2 Å². The summed E-state index contributed by atoms with van der Waals surface area (Å²) >= 11 is 0. The van der Waals surface area contributed by atoms with Gasteiger partial charge in [0, 0.05) is 23.7 Å². The van der Waals surface area contributed by atoms with Crippen molar-refractivity contribution >= 4 is 32.5 Å². The summed E-state index contributed by atoms with van der Waals surface area (Å²) in [6, 6.07) is 7.41. The lowest BCUT2D eigenvalue weighted by atomic mass is 10.1. The van der Waals surface area contributed by atoms with Crippen LogP contribution in [-0.4, -0.2) is 45.4 Å². The van der Waals surface area contributed by atoms with Crippen molar-refractivity contribution in [3.63, 3.8) is 0 Å². The average molecular weight is 415 g/mol. The van der Waals surface area contributed by atoms with Crippen molar-refractivity contribution in [1.82, 2.24) is 9.97 Å². The van der Waals surface area contributed by atoms with Crippen LogP contribution >= 0.6 is 0 Å². The Bertz CT molecular complexity index is 1210. The third-order valence-corrected chi connectivity index (χ3v) is 5.37. The molecule has 2 heterocycles. The molecule has 9 heteroatoms. The number of aromatic nitrogens is 2. The summed E-state index contributed by atoms with van der Waals surface area (Å²) < 4.78 is 39.0. The molecule has 0 fully saturated rings. The molecule has 3 aromatic rings. The highest BCUT2D eigenvalue weighted by Crippen LogP contribution is 2.41. The second kappa shape index (κ2) is 7.07. The van der Waals surface area contributed by atoms with Gasteiger partial charge in [0.1, 0.15) is 17.9 Å². The number of benzene rings is 2. The number of nitrogens with zero attached hydrogens (tertiary/aromatic N) is 3. The molecule has 0 unspecified atom stereocenters. The zero-order chi connectivity index (χ0) is 20.8. The normalized spacial score (nSPS) is 13.4. The molecule has 1 aliphatic rings. The zero-order valence-electron chi connectivity index (χ0n) is 16.6. The number of fused-ring (bicyclic) bond motifs is 2. The molecule has 29 heavy (non-hydrogen) atoms. The van der Waals surface area contributed by atoms with Crippen LogP contribution < -0.4 is 18.6 Å². The minimum Gasteiger partial charge on any atom is -0.493 e. The van der Waals surface area contributed by atoms with Gasteiger partial charge in [0.15, 0.2) is 11.5 Å². The van der Waals surface area contributed by atoms with E-state index >= 15 is 0 Å². The van der Waals surface area contributed by atoms with E-state index in [0.717, 1.165) is 46.2 Å². The van der Waals surface area contributed by atoms with E-state index in [1.807, 2.05) is 25.1 Å². The van der Waals surface area contributed by atoms with Crippen LogP contribution in [0.15, 0.2) is 30.6 Å². The number of aryl methyl sites for hydroxylation is 1. The van der Waals surface area contributed by atoms with Gasteiger partial charge in [-0.25, -0.2) is 9.97 Å². The Labute approximate surface area is 169 Å². The molecule has 0 N–H and O–H groups in total. The van der Waals surface area contributed by atoms with E-state index in [-0.39, 0.29) is 0 Å². The average Bonchev–Trinajstić information content (AvgIpc) is 3.07. The van der Waals surface area contributed by atoms with Gasteiger partial charge < -0.3 is 18.6 Å². The van der Waals surface area contributed by atoms with Crippen molar-refractivity contribution in [2.24, 2.45) is 0 Å². The van der Waals surface area contributed by atoms with E-state index in [9.17, 15) is 8.42 Å². The van der Waals surface area contributed by atoms with Gasteiger partial charge in [0.05, 0.1) is 26.0 Å². The molecule has 1 aromatic heterocycles. The second-order valence-electron chi connectivity index (χ2n) is 6.86. The number of anilines is 2. The summed E-state index contributed by atoms with van der Waals surface area (Å²) in [4.78, 5) is 11.0. The van der Waals surface area contributed by atoms with Crippen molar-refractivity contribution < 1.29 is 22.1 Å². The Morgan fingerprint density at radius 3 is 2.41 bits per heavy atom. The van der Waals surface area contributed by atoms with Crippen LogP contribution in [0.3, 0.4) is 0 Å². The summed E-state index contributed by atoms with van der Waals surface area (Å²) in [6.07, 6.45) is 3.31. The Kier molecular flexibility index (Phi) is 4.70. The number of hydrogen-bond donors (Lipinski definition) is 0. The van der Waals surface area contributed by atoms with Gasteiger partial charge in [0.25, 0.3) is 0 Å². The van der Waals surface area contributed by atoms with Crippen LogP contribution in [-0.2, 0) is 16.5 Å². The zero-order valence-corrected chi connectivity index (χ0v) is 17.4. The Hall–Kier alpha value is -3.07. The van der Waals surface area contributed by atoms with Crippen molar-refractivity contribution in [2.45, 2.75) is 13.3 Å². The van der Waals surface area contributed by atoms with Gasteiger partial charge >= 0.3 is 10.1 Å². The maximum absolute atomic E-state index is 11.5. The Morgan fingerprint density at radius 1 is 1.00 bits per heavy atom. The third kappa shape index (κ3) is 3.53. The van der Waals surface area contributed by atoms with E-state index in [1.54, 1.807) is 20.3 Å². The SMILES string of the molecule is COc1cc2ncnc(N3CCc4cc(OS(C)(=O)=O)c(C)cc43)c2cc1OC. The van der Waals surface area contributed by atoms with E-state index in [0.29, 0.717) is 23.8 Å². The quantitative estimate of drug-likeness (QED) is 0.588. The van der Waals surface area contributed by atoms with Crippen LogP contribution in [0.4, 0.5) is 11.5 Å². The molecule has 152 valence electrons. The Morgan fingerprint density at radius 2 is 1.72 bits per heavy atom. The lowest BCUT2D eigenvalue weighted by Crippen LogP contribution is -2.15. The first-order valence-electron chi connectivity index (χ1n) is 8.98. The predicted molar refractivity (Wildman–Crippen MR) is 110 cm³/mol. The lowest BCUT2D eigenvalue weighted by Gasteiger charge is -2.21. The topological polar surface area (TPSA) is 90.9 Å². The fourth-order valence-electron chi connectivity index (χ4n) is 3.58. The first kappa shape index (κ1) is 19.3. The van der Waals surface area contributed by atoms with Crippen LogP contribution in [0.25, 0.3) is 10.9 Å². The highest BCUT2D eigenvalue weighted by Gasteiger charge is 2.26. The predicted octanol–water partition coefficient (Wildman–Crippen LogP) is 2.99. The first-order chi connectivity index (χ1) is 13.8. The standard InChI is InChI=1S/C20H21N3O5S/c1-12-7-16-13(8-17(12)28-29(4,24)25)5-6-23(16)20-14-9-18(26-2)19(27-3)10-15(14)21-11-22-20/h7-11H,5-6H2,1-4H3. The van der Waals surface area contributed by atoms with Crippen molar-refractivity contribution in [3.05, 3.63) is 41.7 Å². The van der Waals surface area contributed by atoms with Gasteiger partial charge in [-0.3, -0.25) is 0 Å². The summed E-state index contributed by atoms with van der Waals surface area (Å²) in [5.74, 6) is 2.31. The maximum atomic E-state index is 11.5. The van der Waals surface area contributed by atoms with Gasteiger partial charge in [-0.2, -0.15) is 8.42 Å². The third-order valence-electron chi connectivity index (χ3n) is 4.89. The van der Waals surface area contributed by atoms with Crippen molar-refractivity contribution in [1.29, 1.82) is 0 Å². The van der Waals surface area contributed by atoms with E-state index in [2.05, 4.69) is 14.9 Å². The molecule has 0 aliphatic carbocycles. The smallest absolute Gasteiger partial charge is 0.306 e. The molecule has 0 atom stereocenters. The summed E-state index contributed by atoms with van der Waals surface area (Å²) in [6.45, 7) is 2.53. The van der Waals surface area contributed by atoms with E-state index in [1.165, 1.54) is 6.33 Å². The summed E-state index contributed by atoms with van der Waals surface area (Å²) in [5, 5.41) is 0.840. The van der Waals surface area contributed by atoms with Crippen LogP contribution in [0, 0.1) is 6.92 Å². The number of ether oxygens (including phenoxy) is 2. The monoisotopic (exact) mass is 415 g/mol. The fourth-order valence-corrected chi connectivity index (χ4v) is 4.08. The van der Waals surface area contributed by atoms with Crippen LogP contribution in [0.1, 0.15) is 11.1 Å². The highest BCUT2D eigenvalue weighted by molar-refractivity contribution is 7.86. The van der Waals surface area contributed by atoms with Gasteiger partial charge in [-0.1, -0.05) is 0 Å². The molecule has 0 spiro atoms. The molecule has 2 aromatic carbocycles. The molecule has 4 rings (SSSR count). The minimum absolute atomic E-state index is 0.354. The maximum Gasteiger partial charge on any atom is 0.306 e. The molecule has 0 amide bonds. The molecule has 1 aliphatic heterocycles. The largest absolute Gasteiger partial charge is 0.493 e. The fraction of sp³-hybridized carbons (Fsp3) is 0.300. The number of methoxy groups -OCH3 is 2. The molecule has 0 saturated heterocycles. The summed E-state index contributed by atoms with van der Waals surface area (Å²) in [5.41, 5.74) is 3.45. The molecule has 0 radical (unpaired) electrons. The van der Waals surface area contributed by atoms with E-state index < -0.39 is 10.1 Å². The lowest BCUT2D eigenvalue weighted by molar-refractivity contribution is 0.356. The molecule has 8 nitrogen and oxygen atoms in total. The number of hydrogen-bond acceptors (Lipinski definition) is 8. The van der Waals surface area contributed by atoms with Gasteiger partial charge in [-0.15, -0.1) is 0 Å². The summed E-state index contributed by atoms with van der Waals surface area (Å²) in [7, 11) is -0.413. The van der Waals surface area contributed by atoms with Crippen LogP contribution in [0.5, 0.6) is 17.2 Å². The first-order valence-corrected chi connectivity index (χ1v) is 10.8. The van der Waals surface area contributed by atoms with Crippen molar-refractivity contribution in [2.75, 3.05) is 31.9 Å². The molecule has 0 bridgehead atoms. The highest BCUT2D eigenvalue weighted by atomic mass is 32.2. The van der Waals surface area contributed by atoms with Gasteiger partial charge in [-0.05, 0) is 42.7 Å².